The van der Waals surface area contributed by atoms with Gasteiger partial charge in [0, 0.05) is 5.92 Å². The first-order valence-corrected chi connectivity index (χ1v) is 6.28. The predicted molar refractivity (Wildman–Crippen MR) is 66.8 cm³/mol. The van der Waals surface area contributed by atoms with Crippen molar-refractivity contribution in [1.82, 2.24) is 0 Å². The number of unbranched alkanes of at least 4 members (excludes halogenated alkanes) is 1. The van der Waals surface area contributed by atoms with Gasteiger partial charge < -0.3 is 0 Å². The molecular weight excluding hydrogens is 196 g/mol. The summed E-state index contributed by atoms with van der Waals surface area (Å²) in [4.78, 5) is 0. The van der Waals surface area contributed by atoms with Crippen LogP contribution in [0.25, 0.3) is 0 Å². The van der Waals surface area contributed by atoms with Crippen molar-refractivity contribution in [3.63, 3.8) is 0 Å². The van der Waals surface area contributed by atoms with Crippen LogP contribution in [-0.2, 0) is 0 Å². The molecule has 0 saturated heterocycles. The van der Waals surface area contributed by atoms with E-state index >= 15 is 0 Å². The molecule has 2 nitrogen and oxygen atoms in total. The molecule has 1 aliphatic rings. The van der Waals surface area contributed by atoms with Crippen LogP contribution in [0.15, 0.2) is 40.6 Å². The summed E-state index contributed by atoms with van der Waals surface area (Å²) in [6.45, 7) is 4.40. The zero-order valence-electron chi connectivity index (χ0n) is 10.1. The Bertz CT molecular complexity index is 345. The van der Waals surface area contributed by atoms with Crippen molar-refractivity contribution in [2.75, 3.05) is 0 Å². The number of nitrogens with zero attached hydrogens (tertiary/aromatic N) is 2. The highest BCUT2D eigenvalue weighted by atomic mass is 15.2. The van der Waals surface area contributed by atoms with E-state index < -0.39 is 0 Å². The van der Waals surface area contributed by atoms with Crippen LogP contribution in [0.3, 0.4) is 0 Å². The molecule has 1 aromatic rings. The Kier molecular flexibility index (Phi) is 3.70. The summed E-state index contributed by atoms with van der Waals surface area (Å²) in [6, 6.07) is 11.4. The van der Waals surface area contributed by atoms with E-state index in [-0.39, 0.29) is 0 Å². The Morgan fingerprint density at radius 1 is 1.12 bits per heavy atom. The van der Waals surface area contributed by atoms with Crippen molar-refractivity contribution in [3.05, 3.63) is 35.9 Å². The highest BCUT2D eigenvalue weighted by molar-refractivity contribution is 5.24. The lowest BCUT2D eigenvalue weighted by atomic mass is 9.85. The van der Waals surface area contributed by atoms with Crippen molar-refractivity contribution < 1.29 is 0 Å². The minimum absolute atomic E-state index is 0.337. The Balaban J connectivity index is 2.12. The second-order valence-electron chi connectivity index (χ2n) is 4.62. The maximum absolute atomic E-state index is 4.44. The quantitative estimate of drug-likeness (QED) is 0.721. The molecule has 0 amide bonds. The van der Waals surface area contributed by atoms with Gasteiger partial charge in [-0.1, -0.05) is 50.1 Å². The number of hydrogen-bond acceptors (Lipinski definition) is 2. The smallest absolute Gasteiger partial charge is 0.0797 e. The molecule has 0 spiro atoms. The van der Waals surface area contributed by atoms with Gasteiger partial charge in [0.05, 0.1) is 12.1 Å². The molecule has 0 aliphatic carbocycles. The monoisotopic (exact) mass is 216 g/mol. The molecule has 0 aromatic heterocycles. The summed E-state index contributed by atoms with van der Waals surface area (Å²) in [5, 5.41) is 8.79. The van der Waals surface area contributed by atoms with Crippen molar-refractivity contribution >= 4 is 0 Å². The molecule has 0 saturated carbocycles. The SMILES string of the molecule is CCCCC1N=NC(C)C1c1ccccc1. The molecule has 1 aromatic carbocycles. The first-order chi connectivity index (χ1) is 7.83. The molecule has 16 heavy (non-hydrogen) atoms. The van der Waals surface area contributed by atoms with Gasteiger partial charge in [0.2, 0.25) is 0 Å². The molecule has 1 heterocycles. The number of benzene rings is 1. The maximum atomic E-state index is 4.44. The third-order valence-electron chi connectivity index (χ3n) is 3.37. The molecule has 2 heteroatoms. The molecular formula is C14H20N2. The summed E-state index contributed by atoms with van der Waals surface area (Å²) in [6.07, 6.45) is 3.66. The highest BCUT2D eigenvalue weighted by Crippen LogP contribution is 2.35. The summed E-state index contributed by atoms with van der Waals surface area (Å²) >= 11 is 0. The van der Waals surface area contributed by atoms with E-state index in [1.165, 1.54) is 24.8 Å². The second kappa shape index (κ2) is 5.24. The van der Waals surface area contributed by atoms with E-state index in [4.69, 9.17) is 0 Å². The van der Waals surface area contributed by atoms with Crippen LogP contribution >= 0.6 is 0 Å². The van der Waals surface area contributed by atoms with Crippen LogP contribution in [-0.4, -0.2) is 12.1 Å². The van der Waals surface area contributed by atoms with Crippen molar-refractivity contribution in [1.29, 1.82) is 0 Å². The van der Waals surface area contributed by atoms with Gasteiger partial charge in [-0.3, -0.25) is 0 Å². The van der Waals surface area contributed by atoms with Gasteiger partial charge in [-0.05, 0) is 18.9 Å². The molecule has 1 aliphatic heterocycles. The standard InChI is InChI=1S/C14H20N2/c1-3-4-10-13-14(11(2)15-16-13)12-8-6-5-7-9-12/h5-9,11,13-14H,3-4,10H2,1-2H3. The average Bonchev–Trinajstić information content (AvgIpc) is 2.69. The fourth-order valence-electron chi connectivity index (χ4n) is 2.48. The van der Waals surface area contributed by atoms with E-state index in [0.29, 0.717) is 18.0 Å². The molecule has 2 rings (SSSR count). The van der Waals surface area contributed by atoms with Gasteiger partial charge in [0.25, 0.3) is 0 Å². The number of rotatable bonds is 4. The van der Waals surface area contributed by atoms with Crippen LogP contribution in [0.1, 0.15) is 44.6 Å². The highest BCUT2D eigenvalue weighted by Gasteiger charge is 2.32. The van der Waals surface area contributed by atoms with Crippen molar-refractivity contribution in [2.24, 2.45) is 10.2 Å². The Labute approximate surface area is 97.8 Å². The van der Waals surface area contributed by atoms with E-state index in [0.717, 1.165) is 0 Å². The van der Waals surface area contributed by atoms with Crippen LogP contribution in [0.5, 0.6) is 0 Å². The molecule has 3 unspecified atom stereocenters. The molecule has 86 valence electrons. The van der Waals surface area contributed by atoms with Crippen LogP contribution in [0.2, 0.25) is 0 Å². The lowest BCUT2D eigenvalue weighted by Crippen LogP contribution is -2.19. The third kappa shape index (κ3) is 2.31. The van der Waals surface area contributed by atoms with Crippen LogP contribution in [0, 0.1) is 0 Å². The van der Waals surface area contributed by atoms with Gasteiger partial charge in [-0.15, -0.1) is 0 Å². The van der Waals surface area contributed by atoms with Crippen molar-refractivity contribution in [2.45, 2.75) is 51.1 Å². The molecule has 0 radical (unpaired) electrons. The molecule has 3 atom stereocenters. The molecule has 0 bridgehead atoms. The average molecular weight is 216 g/mol. The minimum atomic E-state index is 0.337. The molecule has 0 fully saturated rings. The maximum Gasteiger partial charge on any atom is 0.0797 e. The summed E-state index contributed by atoms with van der Waals surface area (Å²) in [7, 11) is 0. The zero-order valence-corrected chi connectivity index (χ0v) is 10.1. The van der Waals surface area contributed by atoms with Gasteiger partial charge >= 0.3 is 0 Å². The van der Waals surface area contributed by atoms with E-state index in [1.54, 1.807) is 0 Å². The number of azo groups is 1. The summed E-state index contributed by atoms with van der Waals surface area (Å²) < 4.78 is 0. The zero-order chi connectivity index (χ0) is 11.4. The van der Waals surface area contributed by atoms with Crippen LogP contribution < -0.4 is 0 Å². The van der Waals surface area contributed by atoms with Gasteiger partial charge in [-0.25, -0.2) is 0 Å². The Morgan fingerprint density at radius 3 is 2.56 bits per heavy atom. The number of hydrogen-bond donors (Lipinski definition) is 0. The minimum Gasteiger partial charge on any atom is -0.190 e. The molecule has 0 N–H and O–H groups in total. The first-order valence-electron chi connectivity index (χ1n) is 6.28. The van der Waals surface area contributed by atoms with E-state index in [9.17, 15) is 0 Å². The second-order valence-corrected chi connectivity index (χ2v) is 4.62. The lowest BCUT2D eigenvalue weighted by molar-refractivity contribution is 0.496. The Morgan fingerprint density at radius 2 is 1.88 bits per heavy atom. The normalized spacial score (nSPS) is 28.5. The lowest BCUT2D eigenvalue weighted by Gasteiger charge is -2.19. The topological polar surface area (TPSA) is 24.7 Å². The fourth-order valence-corrected chi connectivity index (χ4v) is 2.48. The summed E-state index contributed by atoms with van der Waals surface area (Å²) in [5.41, 5.74) is 1.39. The van der Waals surface area contributed by atoms with E-state index in [1.807, 2.05) is 0 Å². The van der Waals surface area contributed by atoms with Crippen LogP contribution in [0.4, 0.5) is 0 Å². The van der Waals surface area contributed by atoms with Gasteiger partial charge in [0.1, 0.15) is 0 Å². The van der Waals surface area contributed by atoms with Gasteiger partial charge in [0.15, 0.2) is 0 Å². The third-order valence-corrected chi connectivity index (χ3v) is 3.37. The summed E-state index contributed by atoms with van der Waals surface area (Å²) in [5.74, 6) is 0.493. The largest absolute Gasteiger partial charge is 0.190 e. The Hall–Kier alpha value is -1.18. The predicted octanol–water partition coefficient (Wildman–Crippen LogP) is 4.18. The first kappa shape index (κ1) is 11.3. The van der Waals surface area contributed by atoms with Gasteiger partial charge in [-0.2, -0.15) is 10.2 Å². The fraction of sp³-hybridized carbons (Fsp3) is 0.571. The van der Waals surface area contributed by atoms with Crippen molar-refractivity contribution in [3.8, 4) is 0 Å². The van der Waals surface area contributed by atoms with E-state index in [2.05, 4.69) is 54.4 Å².